The Balaban J connectivity index is 2.16. The molecule has 2 heterocycles. The van der Waals surface area contributed by atoms with Crippen LogP contribution in [-0.4, -0.2) is 51.4 Å². The zero-order valence-electron chi connectivity index (χ0n) is 12.3. The van der Waals surface area contributed by atoms with Crippen molar-refractivity contribution in [1.82, 2.24) is 14.9 Å². The smallest absolute Gasteiger partial charge is 0.262 e. The number of likely N-dealkylation sites (N-methyl/N-ethyl adjacent to an activating group) is 1. The first-order chi connectivity index (χ1) is 9.96. The molecule has 2 rings (SSSR count). The van der Waals surface area contributed by atoms with Crippen LogP contribution in [0.4, 0.5) is 0 Å². The second-order valence-corrected chi connectivity index (χ2v) is 7.95. The lowest BCUT2D eigenvalue weighted by molar-refractivity contribution is 0.0951. The zero-order valence-corrected chi connectivity index (χ0v) is 13.9. The molecule has 21 heavy (non-hydrogen) atoms. The molecule has 1 aromatic rings. The number of sulfonamides is 1. The van der Waals surface area contributed by atoms with Crippen LogP contribution in [0.3, 0.4) is 0 Å². The molecule has 1 saturated heterocycles. The van der Waals surface area contributed by atoms with Gasteiger partial charge in [0.25, 0.3) is 5.91 Å². The number of carbonyl (C=O) groups is 1. The van der Waals surface area contributed by atoms with Gasteiger partial charge in [0.2, 0.25) is 10.0 Å². The molecule has 6 nitrogen and oxygen atoms in total. The summed E-state index contributed by atoms with van der Waals surface area (Å²) in [6.45, 7) is 3.47. The molecule has 1 aliphatic heterocycles. The highest BCUT2D eigenvalue weighted by Crippen LogP contribution is 2.27. The van der Waals surface area contributed by atoms with Gasteiger partial charge in [0, 0.05) is 25.7 Å². The van der Waals surface area contributed by atoms with Gasteiger partial charge >= 0.3 is 0 Å². The minimum atomic E-state index is -3.55. The van der Waals surface area contributed by atoms with Crippen molar-refractivity contribution in [3.8, 4) is 0 Å². The van der Waals surface area contributed by atoms with E-state index < -0.39 is 10.0 Å². The highest BCUT2D eigenvalue weighted by Gasteiger charge is 2.31. The van der Waals surface area contributed by atoms with Crippen molar-refractivity contribution in [2.75, 3.05) is 26.7 Å². The first-order valence-electron chi connectivity index (χ1n) is 7.00. The van der Waals surface area contributed by atoms with E-state index >= 15 is 0 Å². The normalized spacial score (nSPS) is 17.8. The molecule has 1 amide bonds. The van der Waals surface area contributed by atoms with Crippen LogP contribution in [0.25, 0.3) is 0 Å². The summed E-state index contributed by atoms with van der Waals surface area (Å²) in [7, 11) is -1.74. The number of nitrogens with one attached hydrogen (secondary N) is 2. The molecule has 0 bridgehead atoms. The van der Waals surface area contributed by atoms with Crippen molar-refractivity contribution >= 4 is 27.3 Å². The first-order valence-corrected chi connectivity index (χ1v) is 9.32. The fraction of sp³-hybridized carbons (Fsp3) is 0.615. The number of rotatable bonds is 6. The minimum absolute atomic E-state index is 0.129. The van der Waals surface area contributed by atoms with Gasteiger partial charge in [-0.3, -0.25) is 4.79 Å². The number of hydrogen-bond donors (Lipinski definition) is 2. The fourth-order valence-electron chi connectivity index (χ4n) is 2.16. The van der Waals surface area contributed by atoms with Crippen LogP contribution < -0.4 is 10.6 Å². The van der Waals surface area contributed by atoms with Gasteiger partial charge in [-0.25, -0.2) is 8.42 Å². The van der Waals surface area contributed by atoms with Crippen LogP contribution in [-0.2, 0) is 10.0 Å². The SMILES string of the molecule is CNC(C)CNC(=O)c1sccc1S(=O)(=O)N1CCCC1. The summed E-state index contributed by atoms with van der Waals surface area (Å²) in [5.74, 6) is -0.329. The van der Waals surface area contributed by atoms with Crippen molar-refractivity contribution in [1.29, 1.82) is 0 Å². The zero-order chi connectivity index (χ0) is 15.5. The number of amides is 1. The van der Waals surface area contributed by atoms with Crippen molar-refractivity contribution in [2.45, 2.75) is 30.7 Å². The summed E-state index contributed by atoms with van der Waals surface area (Å²) in [5, 5.41) is 7.43. The molecular formula is C13H21N3O3S2. The van der Waals surface area contributed by atoms with Gasteiger partial charge in [0.15, 0.2) is 0 Å². The van der Waals surface area contributed by atoms with Crippen LogP contribution in [0.2, 0.25) is 0 Å². The second kappa shape index (κ2) is 6.87. The lowest BCUT2D eigenvalue weighted by Gasteiger charge is -2.16. The monoisotopic (exact) mass is 331 g/mol. The second-order valence-electron chi connectivity index (χ2n) is 5.12. The number of thiophene rings is 1. The molecule has 1 unspecified atom stereocenters. The molecular weight excluding hydrogens is 310 g/mol. The molecule has 8 heteroatoms. The summed E-state index contributed by atoms with van der Waals surface area (Å²) < 4.78 is 26.6. The topological polar surface area (TPSA) is 78.5 Å². The molecule has 1 fully saturated rings. The van der Waals surface area contributed by atoms with E-state index in [2.05, 4.69) is 10.6 Å². The van der Waals surface area contributed by atoms with E-state index in [0.717, 1.165) is 24.2 Å². The van der Waals surface area contributed by atoms with E-state index in [0.29, 0.717) is 19.6 Å². The maximum atomic E-state index is 12.6. The Morgan fingerprint density at radius 2 is 2.10 bits per heavy atom. The molecule has 1 aromatic heterocycles. The van der Waals surface area contributed by atoms with Gasteiger partial charge in [0.05, 0.1) is 0 Å². The summed E-state index contributed by atoms with van der Waals surface area (Å²) in [6.07, 6.45) is 1.76. The summed E-state index contributed by atoms with van der Waals surface area (Å²) >= 11 is 1.16. The van der Waals surface area contributed by atoms with Gasteiger partial charge in [-0.1, -0.05) is 0 Å². The molecule has 0 spiro atoms. The van der Waals surface area contributed by atoms with Gasteiger partial charge < -0.3 is 10.6 Å². The molecule has 0 saturated carbocycles. The van der Waals surface area contributed by atoms with E-state index in [1.807, 2.05) is 14.0 Å². The van der Waals surface area contributed by atoms with E-state index in [4.69, 9.17) is 0 Å². The van der Waals surface area contributed by atoms with E-state index in [1.165, 1.54) is 10.4 Å². The van der Waals surface area contributed by atoms with Crippen molar-refractivity contribution in [3.63, 3.8) is 0 Å². The van der Waals surface area contributed by atoms with Crippen molar-refractivity contribution in [3.05, 3.63) is 16.3 Å². The maximum Gasteiger partial charge on any atom is 0.262 e. The lowest BCUT2D eigenvalue weighted by Crippen LogP contribution is -2.37. The standard InChI is InChI=1S/C13H21N3O3S2/c1-10(14-2)9-15-13(17)12-11(5-8-20-12)21(18,19)16-6-3-4-7-16/h5,8,10,14H,3-4,6-7,9H2,1-2H3,(H,15,17). The third kappa shape index (κ3) is 3.63. The van der Waals surface area contributed by atoms with E-state index in [1.54, 1.807) is 5.38 Å². The molecule has 1 atom stereocenters. The third-order valence-corrected chi connectivity index (χ3v) is 6.56. The highest BCUT2D eigenvalue weighted by molar-refractivity contribution is 7.89. The van der Waals surface area contributed by atoms with Crippen molar-refractivity contribution in [2.24, 2.45) is 0 Å². The maximum absolute atomic E-state index is 12.6. The Hall–Kier alpha value is -0.960. The molecule has 1 aliphatic rings. The quantitative estimate of drug-likeness (QED) is 0.811. The average molecular weight is 331 g/mol. The number of nitrogens with zero attached hydrogens (tertiary/aromatic N) is 1. The summed E-state index contributed by atoms with van der Waals surface area (Å²) in [5.41, 5.74) is 0. The molecule has 2 N–H and O–H groups in total. The predicted molar refractivity (Wildman–Crippen MR) is 83.2 cm³/mol. The van der Waals surface area contributed by atoms with Crippen molar-refractivity contribution < 1.29 is 13.2 Å². The minimum Gasteiger partial charge on any atom is -0.350 e. The summed E-state index contributed by atoms with van der Waals surface area (Å²) in [4.78, 5) is 12.6. The number of hydrogen-bond acceptors (Lipinski definition) is 5. The Bertz CT molecular complexity index is 592. The Morgan fingerprint density at radius 1 is 1.43 bits per heavy atom. The summed E-state index contributed by atoms with van der Waals surface area (Å²) in [6, 6.07) is 1.65. The Kier molecular flexibility index (Phi) is 5.37. The van der Waals surface area contributed by atoms with E-state index in [9.17, 15) is 13.2 Å². The number of carbonyl (C=O) groups excluding carboxylic acids is 1. The Labute approximate surface area is 129 Å². The van der Waals surface area contributed by atoms with Crippen LogP contribution in [0, 0.1) is 0 Å². The van der Waals surface area contributed by atoms with Crippen LogP contribution in [0.5, 0.6) is 0 Å². The fourth-order valence-corrected chi connectivity index (χ4v) is 5.00. The molecule has 0 aromatic carbocycles. The highest BCUT2D eigenvalue weighted by atomic mass is 32.2. The van der Waals surface area contributed by atoms with Crippen LogP contribution in [0.15, 0.2) is 16.3 Å². The molecule has 0 radical (unpaired) electrons. The molecule has 0 aliphatic carbocycles. The molecule has 118 valence electrons. The van der Waals surface area contributed by atoms with Crippen LogP contribution >= 0.6 is 11.3 Å². The van der Waals surface area contributed by atoms with Crippen LogP contribution in [0.1, 0.15) is 29.4 Å². The van der Waals surface area contributed by atoms with Gasteiger partial charge in [0.1, 0.15) is 9.77 Å². The average Bonchev–Trinajstić information content (AvgIpc) is 3.14. The van der Waals surface area contributed by atoms with E-state index in [-0.39, 0.29) is 21.7 Å². The Morgan fingerprint density at radius 3 is 2.71 bits per heavy atom. The van der Waals surface area contributed by atoms with Gasteiger partial charge in [-0.2, -0.15) is 4.31 Å². The largest absolute Gasteiger partial charge is 0.350 e. The van der Waals surface area contributed by atoms with Gasteiger partial charge in [-0.15, -0.1) is 11.3 Å². The predicted octanol–water partition coefficient (Wildman–Crippen LogP) is 0.870. The third-order valence-electron chi connectivity index (χ3n) is 3.58. The first kappa shape index (κ1) is 16.4. The lowest BCUT2D eigenvalue weighted by atomic mass is 10.3. The van der Waals surface area contributed by atoms with Gasteiger partial charge in [-0.05, 0) is 38.3 Å².